The van der Waals surface area contributed by atoms with Gasteiger partial charge in [-0.1, -0.05) is 43.1 Å². The fourth-order valence-electron chi connectivity index (χ4n) is 4.00. The van der Waals surface area contributed by atoms with Crippen LogP contribution in [0.2, 0.25) is 5.02 Å². The van der Waals surface area contributed by atoms with Gasteiger partial charge in [-0.25, -0.2) is 4.39 Å². The van der Waals surface area contributed by atoms with E-state index in [9.17, 15) is 13.2 Å². The highest BCUT2D eigenvalue weighted by Crippen LogP contribution is 2.46. The van der Waals surface area contributed by atoms with Gasteiger partial charge in [0.2, 0.25) is 0 Å². The van der Waals surface area contributed by atoms with Gasteiger partial charge in [0, 0.05) is 17.6 Å². The van der Waals surface area contributed by atoms with E-state index in [1.54, 1.807) is 12.1 Å². The average Bonchev–Trinajstić information content (AvgIpc) is 3.52. The predicted octanol–water partition coefficient (Wildman–Crippen LogP) is 5.58. The summed E-state index contributed by atoms with van der Waals surface area (Å²) in [4.78, 5) is 2.12. The van der Waals surface area contributed by atoms with Crippen molar-refractivity contribution >= 4 is 34.4 Å². The fraction of sp³-hybridized carbons (Fsp3) is 0.435. The first-order chi connectivity index (χ1) is 14.8. The minimum absolute atomic E-state index is 0.0976. The highest BCUT2D eigenvalue weighted by atomic mass is 35.5. The van der Waals surface area contributed by atoms with Crippen molar-refractivity contribution in [1.82, 2.24) is 4.90 Å². The number of halogens is 2. The largest absolute Gasteiger partial charge is 0.754 e. The Morgan fingerprint density at radius 3 is 2.35 bits per heavy atom. The van der Waals surface area contributed by atoms with E-state index in [0.29, 0.717) is 35.6 Å². The molecule has 0 amide bonds. The van der Waals surface area contributed by atoms with E-state index < -0.39 is 17.1 Å². The lowest BCUT2D eigenvalue weighted by Crippen LogP contribution is -2.44. The van der Waals surface area contributed by atoms with Gasteiger partial charge in [0.05, 0.1) is 22.0 Å². The summed E-state index contributed by atoms with van der Waals surface area (Å²) in [5, 5.41) is 4.85. The summed E-state index contributed by atoms with van der Waals surface area (Å²) in [5.74, 6) is 0.0286. The molecule has 0 radical (unpaired) electrons. The monoisotopic (exact) mass is 464 g/mol. The summed E-state index contributed by atoms with van der Waals surface area (Å²) in [6.07, 6.45) is 3.40. The number of rotatable bonds is 8. The molecule has 0 aliphatic heterocycles. The molecular weight excluding hydrogens is 437 g/mol. The zero-order valence-electron chi connectivity index (χ0n) is 18.3. The molecule has 0 bridgehead atoms. The Kier molecular flexibility index (Phi) is 7.39. The predicted molar refractivity (Wildman–Crippen MR) is 125 cm³/mol. The van der Waals surface area contributed by atoms with Gasteiger partial charge in [0.1, 0.15) is 5.82 Å². The zero-order chi connectivity index (χ0) is 22.8. The molecule has 0 aromatic heterocycles. The number of hydrogen-bond acceptors (Lipinski definition) is 3. The number of amidine groups is 1. The Morgan fingerprint density at radius 1 is 1.23 bits per heavy atom. The molecule has 1 aliphatic rings. The van der Waals surface area contributed by atoms with Crippen LogP contribution in [0.4, 0.5) is 10.1 Å². The van der Waals surface area contributed by atoms with E-state index in [0.717, 1.165) is 29.2 Å². The minimum atomic E-state index is -2.65. The van der Waals surface area contributed by atoms with Crippen LogP contribution >= 0.6 is 11.6 Å². The van der Waals surface area contributed by atoms with Gasteiger partial charge >= 0.3 is 0 Å². The van der Waals surface area contributed by atoms with Gasteiger partial charge in [0.15, 0.2) is 5.84 Å². The molecule has 0 N–H and O–H groups in total. The molecule has 1 atom stereocenters. The summed E-state index contributed by atoms with van der Waals surface area (Å²) in [5.41, 5.74) is 2.60. The van der Waals surface area contributed by atoms with E-state index in [1.165, 1.54) is 12.1 Å². The Hall–Kier alpha value is -1.96. The highest BCUT2D eigenvalue weighted by Gasteiger charge is 2.48. The van der Waals surface area contributed by atoms with Gasteiger partial charge in [-0.05, 0) is 69.4 Å². The van der Waals surface area contributed by atoms with E-state index in [4.69, 9.17) is 11.6 Å². The van der Waals surface area contributed by atoms with Crippen LogP contribution in [0.15, 0.2) is 41.5 Å². The lowest BCUT2D eigenvalue weighted by atomic mass is 10.0. The van der Waals surface area contributed by atoms with E-state index in [-0.39, 0.29) is 10.6 Å². The van der Waals surface area contributed by atoms with E-state index in [1.807, 2.05) is 32.9 Å². The quantitative estimate of drug-likeness (QED) is 0.222. The van der Waals surface area contributed by atoms with Crippen LogP contribution in [0, 0.1) is 12.7 Å². The lowest BCUT2D eigenvalue weighted by Gasteiger charge is -2.36. The van der Waals surface area contributed by atoms with Crippen LogP contribution in [-0.4, -0.2) is 31.6 Å². The molecule has 1 saturated carbocycles. The van der Waals surface area contributed by atoms with Crippen molar-refractivity contribution in [2.45, 2.75) is 58.9 Å². The average molecular weight is 465 g/mol. The van der Waals surface area contributed by atoms with E-state index >= 15 is 0 Å². The van der Waals surface area contributed by atoms with Crippen LogP contribution in [0.5, 0.6) is 0 Å². The maximum atomic E-state index is 14.1. The second-order valence-corrected chi connectivity index (χ2v) is 9.03. The summed E-state index contributed by atoms with van der Waals surface area (Å²) < 4.78 is 39.5. The number of hydrazone groups is 1. The molecular formula is C23H28ClFN3O2S-. The van der Waals surface area contributed by atoms with Crippen LogP contribution in [0.1, 0.15) is 56.7 Å². The van der Waals surface area contributed by atoms with Crippen LogP contribution < -0.4 is 4.41 Å². The molecule has 31 heavy (non-hydrogen) atoms. The normalized spacial score (nSPS) is 16.2. The van der Waals surface area contributed by atoms with Gasteiger partial charge in [0.25, 0.3) is 0 Å². The van der Waals surface area contributed by atoms with Crippen LogP contribution in [-0.2, 0) is 17.7 Å². The molecule has 0 saturated heterocycles. The molecule has 1 unspecified atom stereocenters. The van der Waals surface area contributed by atoms with Gasteiger partial charge in [-0.3, -0.25) is 4.21 Å². The smallest absolute Gasteiger partial charge is 0.159 e. The number of nitrogens with zero attached hydrogens (tertiary/aromatic N) is 3. The highest BCUT2D eigenvalue weighted by molar-refractivity contribution is 7.80. The lowest BCUT2D eigenvalue weighted by molar-refractivity contribution is 0.293. The first-order valence-corrected chi connectivity index (χ1v) is 12.0. The van der Waals surface area contributed by atoms with E-state index in [2.05, 4.69) is 16.9 Å². The molecule has 2 aromatic rings. The van der Waals surface area contributed by atoms with Crippen molar-refractivity contribution in [3.63, 3.8) is 0 Å². The summed E-state index contributed by atoms with van der Waals surface area (Å²) >= 11 is 3.88. The molecule has 5 nitrogen and oxygen atoms in total. The maximum Gasteiger partial charge on any atom is 0.159 e. The van der Waals surface area contributed by atoms with Crippen molar-refractivity contribution < 1.29 is 13.2 Å². The Bertz CT molecular complexity index is 993. The van der Waals surface area contributed by atoms with Crippen LogP contribution in [0.25, 0.3) is 0 Å². The fourth-order valence-corrected chi connectivity index (χ4v) is 4.75. The third-order valence-electron chi connectivity index (χ3n) is 5.95. The van der Waals surface area contributed by atoms with Gasteiger partial charge in [-0.2, -0.15) is 4.41 Å². The van der Waals surface area contributed by atoms with Crippen molar-refractivity contribution in [3.05, 3.63) is 63.9 Å². The molecule has 2 aromatic carbocycles. The molecule has 168 valence electrons. The van der Waals surface area contributed by atoms with Crippen molar-refractivity contribution in [2.24, 2.45) is 5.10 Å². The van der Waals surface area contributed by atoms with Crippen molar-refractivity contribution in [3.8, 4) is 0 Å². The number of aryl methyl sites for hydroxylation is 2. The van der Waals surface area contributed by atoms with Gasteiger partial charge < -0.3 is 9.45 Å². The molecule has 1 fully saturated rings. The van der Waals surface area contributed by atoms with Crippen LogP contribution in [0.3, 0.4) is 0 Å². The maximum absolute atomic E-state index is 14.1. The first kappa shape index (κ1) is 23.7. The standard InChI is InChI=1S/C23H29ClFN3O2S/c1-5-17-14-18(25)15-20(24)21(17)22(27(7-3)23(6-2)12-13-23)26-28(31(29)30)19-10-8-16(4)9-11-19/h8-11,14-15H,5-7,12-13H2,1-4H3,(H,29,30)/p-1/b26-22-. The van der Waals surface area contributed by atoms with Crippen molar-refractivity contribution in [1.29, 1.82) is 0 Å². The second kappa shape index (κ2) is 9.67. The molecule has 1 aliphatic carbocycles. The molecule has 8 heteroatoms. The third-order valence-corrected chi connectivity index (χ3v) is 6.83. The SMILES string of the molecule is CCc1cc(F)cc(Cl)c1/C(=N/N(c1ccc(C)cc1)S(=O)[O-])N(CC)C1(CC)CC1. The number of anilines is 1. The molecule has 0 heterocycles. The Morgan fingerprint density at radius 2 is 1.87 bits per heavy atom. The number of hydrogen-bond donors (Lipinski definition) is 0. The first-order valence-electron chi connectivity index (χ1n) is 10.6. The summed E-state index contributed by atoms with van der Waals surface area (Å²) in [6.45, 7) is 8.59. The third kappa shape index (κ3) is 4.94. The zero-order valence-corrected chi connectivity index (χ0v) is 19.9. The summed E-state index contributed by atoms with van der Waals surface area (Å²) in [6, 6.07) is 9.79. The summed E-state index contributed by atoms with van der Waals surface area (Å²) in [7, 11) is 0. The minimum Gasteiger partial charge on any atom is -0.754 e. The molecule has 3 rings (SSSR count). The molecule has 0 spiro atoms. The second-order valence-electron chi connectivity index (χ2n) is 7.85. The topological polar surface area (TPSA) is 59.0 Å². The number of benzene rings is 2. The Balaban J connectivity index is 2.25. The Labute approximate surface area is 191 Å². The van der Waals surface area contributed by atoms with Gasteiger partial charge in [-0.15, -0.1) is 5.10 Å². The van der Waals surface area contributed by atoms with Crippen molar-refractivity contribution in [2.75, 3.05) is 11.0 Å².